The highest BCUT2D eigenvalue weighted by Crippen LogP contribution is 2.40. The normalized spacial score (nSPS) is 15.7. The first-order valence-electron chi connectivity index (χ1n) is 11.7. The van der Waals surface area contributed by atoms with Crippen molar-refractivity contribution in [3.63, 3.8) is 0 Å². The third kappa shape index (κ3) is 4.15. The molecule has 8 nitrogen and oxygen atoms in total. The number of thiazole rings is 1. The number of likely N-dealkylation sites (tertiary alicyclic amines) is 1. The van der Waals surface area contributed by atoms with E-state index in [2.05, 4.69) is 47.0 Å². The quantitative estimate of drug-likeness (QED) is 0.415. The minimum atomic E-state index is 0.274. The second-order valence-electron chi connectivity index (χ2n) is 9.02. The summed E-state index contributed by atoms with van der Waals surface area (Å²) in [5.41, 5.74) is 4.74. The van der Waals surface area contributed by atoms with E-state index in [4.69, 9.17) is 14.8 Å². The molecule has 1 N–H and O–H groups in total. The van der Waals surface area contributed by atoms with Crippen molar-refractivity contribution in [2.45, 2.75) is 51.9 Å². The Morgan fingerprint density at radius 3 is 2.79 bits per heavy atom. The lowest BCUT2D eigenvalue weighted by atomic mass is 9.96. The predicted molar refractivity (Wildman–Crippen MR) is 131 cm³/mol. The van der Waals surface area contributed by atoms with Gasteiger partial charge in [-0.3, -0.25) is 5.10 Å². The fraction of sp³-hybridized carbons (Fsp3) is 0.500. The maximum atomic E-state index is 5.56. The molecule has 1 saturated heterocycles. The molecule has 0 amide bonds. The number of piperidine rings is 1. The molecule has 5 rings (SSSR count). The maximum absolute atomic E-state index is 5.56. The van der Waals surface area contributed by atoms with E-state index in [0.29, 0.717) is 17.3 Å². The van der Waals surface area contributed by atoms with Crippen LogP contribution in [0.15, 0.2) is 24.8 Å². The topological polar surface area (TPSA) is 84.2 Å². The van der Waals surface area contributed by atoms with Gasteiger partial charge < -0.3 is 9.64 Å². The molecule has 9 heteroatoms. The molecule has 0 aromatic carbocycles. The van der Waals surface area contributed by atoms with E-state index in [9.17, 15) is 0 Å². The zero-order valence-electron chi connectivity index (χ0n) is 19.7. The zero-order valence-corrected chi connectivity index (χ0v) is 20.5. The van der Waals surface area contributed by atoms with Crippen LogP contribution in [0.3, 0.4) is 0 Å². The van der Waals surface area contributed by atoms with E-state index in [1.807, 2.05) is 12.3 Å². The number of fused-ring (bicyclic) bond motifs is 1. The number of hydrogen-bond donors (Lipinski definition) is 1. The number of methoxy groups -OCH3 is 1. The van der Waals surface area contributed by atoms with Crippen LogP contribution in [0.2, 0.25) is 0 Å². The summed E-state index contributed by atoms with van der Waals surface area (Å²) in [5.74, 6) is 1.56. The van der Waals surface area contributed by atoms with Crippen LogP contribution in [0.1, 0.15) is 62.3 Å². The molecule has 174 valence electrons. The lowest BCUT2D eigenvalue weighted by Crippen LogP contribution is -2.33. The van der Waals surface area contributed by atoms with E-state index in [1.165, 1.54) is 50.1 Å². The first kappa shape index (κ1) is 22.0. The molecule has 0 spiro atoms. The van der Waals surface area contributed by atoms with E-state index in [-0.39, 0.29) is 5.92 Å². The van der Waals surface area contributed by atoms with Crippen LogP contribution in [-0.4, -0.2) is 61.4 Å². The van der Waals surface area contributed by atoms with Crippen molar-refractivity contribution in [2.24, 2.45) is 0 Å². The number of H-pyrrole nitrogens is 1. The van der Waals surface area contributed by atoms with Gasteiger partial charge in [-0.15, -0.1) is 11.3 Å². The van der Waals surface area contributed by atoms with Crippen LogP contribution in [0.25, 0.3) is 27.6 Å². The third-order valence-corrected chi connectivity index (χ3v) is 7.65. The Balaban J connectivity index is 1.47. The largest absolute Gasteiger partial charge is 0.493 e. The van der Waals surface area contributed by atoms with Crippen molar-refractivity contribution in [1.29, 1.82) is 0 Å². The van der Waals surface area contributed by atoms with Gasteiger partial charge in [-0.1, -0.05) is 20.8 Å². The Bertz CT molecular complexity index is 1230. The van der Waals surface area contributed by atoms with Gasteiger partial charge in [0.2, 0.25) is 0 Å². The number of ether oxygens (including phenoxy) is 1. The molecule has 1 aliphatic heterocycles. The van der Waals surface area contributed by atoms with Crippen LogP contribution < -0.4 is 4.74 Å². The van der Waals surface area contributed by atoms with Crippen molar-refractivity contribution in [2.75, 3.05) is 26.7 Å². The van der Waals surface area contributed by atoms with E-state index < -0.39 is 0 Å². The van der Waals surface area contributed by atoms with E-state index in [1.54, 1.807) is 23.0 Å². The molecule has 33 heavy (non-hydrogen) atoms. The van der Waals surface area contributed by atoms with Gasteiger partial charge >= 0.3 is 0 Å². The summed E-state index contributed by atoms with van der Waals surface area (Å²) in [7, 11) is 1.65. The standard InChI is InChI=1S/C24H31N7OS/c1-5-8-30-9-6-16(7-10-30)19-12-25-24(33-19)22-20(15(2)3)21(28-29-22)17-11-18(32-4)23-26-14-27-31(23)13-17/h11-16H,5-10H2,1-4H3,(H,28,29). The monoisotopic (exact) mass is 465 g/mol. The zero-order chi connectivity index (χ0) is 22.9. The predicted octanol–water partition coefficient (Wildman–Crippen LogP) is 4.96. The highest BCUT2D eigenvalue weighted by atomic mass is 32.1. The molecular formula is C24H31N7OS. The fourth-order valence-corrected chi connectivity index (χ4v) is 5.91. The van der Waals surface area contributed by atoms with Crippen molar-refractivity contribution in [1.82, 2.24) is 34.7 Å². The third-order valence-electron chi connectivity index (χ3n) is 6.49. The molecular weight excluding hydrogens is 434 g/mol. The van der Waals surface area contributed by atoms with Gasteiger partial charge in [0, 0.05) is 28.4 Å². The van der Waals surface area contributed by atoms with Gasteiger partial charge in [0.15, 0.2) is 11.4 Å². The molecule has 1 fully saturated rings. The van der Waals surface area contributed by atoms with Gasteiger partial charge in [0.05, 0.1) is 12.8 Å². The van der Waals surface area contributed by atoms with Gasteiger partial charge in [-0.05, 0) is 56.8 Å². The van der Waals surface area contributed by atoms with Crippen molar-refractivity contribution in [3.8, 4) is 27.7 Å². The SMILES string of the molecule is CCCN1CCC(c2cnc(-c3n[nH]c(-c4cc(OC)c5ncnn5c4)c3C(C)C)s2)CC1. The lowest BCUT2D eigenvalue weighted by molar-refractivity contribution is 0.214. The van der Waals surface area contributed by atoms with Crippen molar-refractivity contribution < 1.29 is 4.74 Å². The molecule has 5 heterocycles. The smallest absolute Gasteiger partial charge is 0.197 e. The Hall–Kier alpha value is -2.78. The average Bonchev–Trinajstić information content (AvgIpc) is 3.57. The number of hydrogen-bond acceptors (Lipinski definition) is 7. The second kappa shape index (κ2) is 9.23. The van der Waals surface area contributed by atoms with Crippen LogP contribution >= 0.6 is 11.3 Å². The first-order valence-corrected chi connectivity index (χ1v) is 12.5. The average molecular weight is 466 g/mol. The Kier molecular flexibility index (Phi) is 6.16. The summed E-state index contributed by atoms with van der Waals surface area (Å²) in [6.07, 6.45) is 9.22. The molecule has 0 unspecified atom stereocenters. The lowest BCUT2D eigenvalue weighted by Gasteiger charge is -2.30. The molecule has 0 radical (unpaired) electrons. The number of pyridine rings is 1. The molecule has 0 saturated carbocycles. The summed E-state index contributed by atoms with van der Waals surface area (Å²) in [6.45, 7) is 10.2. The Labute approximate surface area is 198 Å². The number of aromatic nitrogens is 6. The minimum Gasteiger partial charge on any atom is -0.493 e. The summed E-state index contributed by atoms with van der Waals surface area (Å²) >= 11 is 1.79. The number of nitrogens with one attached hydrogen (secondary N) is 1. The van der Waals surface area contributed by atoms with Crippen molar-refractivity contribution >= 4 is 17.0 Å². The number of aromatic amines is 1. The highest BCUT2D eigenvalue weighted by Gasteiger charge is 2.25. The molecule has 1 aliphatic rings. The van der Waals surface area contributed by atoms with Gasteiger partial charge in [-0.25, -0.2) is 14.5 Å². The Morgan fingerprint density at radius 2 is 2.06 bits per heavy atom. The first-order chi connectivity index (χ1) is 16.1. The molecule has 4 aromatic rings. The highest BCUT2D eigenvalue weighted by molar-refractivity contribution is 7.15. The minimum absolute atomic E-state index is 0.274. The maximum Gasteiger partial charge on any atom is 0.197 e. The van der Waals surface area contributed by atoms with Gasteiger partial charge in [0.1, 0.15) is 17.0 Å². The van der Waals surface area contributed by atoms with Crippen LogP contribution in [-0.2, 0) is 0 Å². The van der Waals surface area contributed by atoms with Crippen molar-refractivity contribution in [3.05, 3.63) is 35.2 Å². The second-order valence-corrected chi connectivity index (χ2v) is 10.1. The molecule has 0 aliphatic carbocycles. The molecule has 0 atom stereocenters. The van der Waals surface area contributed by atoms with Gasteiger partial charge in [-0.2, -0.15) is 10.2 Å². The number of nitrogens with zero attached hydrogens (tertiary/aromatic N) is 6. The number of rotatable bonds is 7. The fourth-order valence-electron chi connectivity index (χ4n) is 4.82. The summed E-state index contributed by atoms with van der Waals surface area (Å²) in [4.78, 5) is 13.1. The Morgan fingerprint density at radius 1 is 1.24 bits per heavy atom. The summed E-state index contributed by atoms with van der Waals surface area (Å²) in [6, 6.07) is 1.99. The summed E-state index contributed by atoms with van der Waals surface area (Å²) in [5, 5.41) is 13.3. The van der Waals surface area contributed by atoms with E-state index >= 15 is 0 Å². The molecule has 4 aromatic heterocycles. The molecule has 0 bridgehead atoms. The van der Waals surface area contributed by atoms with Crippen LogP contribution in [0, 0.1) is 0 Å². The van der Waals surface area contributed by atoms with E-state index in [0.717, 1.165) is 27.5 Å². The summed E-state index contributed by atoms with van der Waals surface area (Å²) < 4.78 is 7.30. The van der Waals surface area contributed by atoms with Crippen LogP contribution in [0.4, 0.5) is 0 Å². The van der Waals surface area contributed by atoms with Crippen LogP contribution in [0.5, 0.6) is 5.75 Å². The van der Waals surface area contributed by atoms with Gasteiger partial charge in [0.25, 0.3) is 0 Å².